The molecule has 0 rings (SSSR count). The topological polar surface area (TPSA) is 110 Å². The fourth-order valence-corrected chi connectivity index (χ4v) is 1.03. The van der Waals surface area contributed by atoms with Crippen molar-refractivity contribution in [1.82, 2.24) is 5.06 Å². The molecule has 7 nitrogen and oxygen atoms in total. The SMILES string of the molecule is CN(OC(=O)C(C)(C)C)C(CCC(=O)[O-])C(=O)[O-]. The van der Waals surface area contributed by atoms with Gasteiger partial charge in [0.25, 0.3) is 0 Å². The molecule has 18 heavy (non-hydrogen) atoms. The standard InChI is InChI=1S/C11H19NO6/c1-11(2,3)10(17)18-12(4)7(9(15)16)5-6-8(13)14/h7H,5-6H2,1-4H3,(H,13,14)(H,15,16)/p-2. The molecular weight excluding hydrogens is 242 g/mol. The Labute approximate surface area is 105 Å². The molecule has 1 unspecified atom stereocenters. The van der Waals surface area contributed by atoms with Crippen LogP contribution in [0.3, 0.4) is 0 Å². The third-order valence-corrected chi connectivity index (χ3v) is 2.17. The quantitative estimate of drug-likeness (QED) is 0.511. The second-order valence-corrected chi connectivity index (χ2v) is 4.92. The van der Waals surface area contributed by atoms with Crippen molar-refractivity contribution in [3.8, 4) is 0 Å². The Morgan fingerprint density at radius 3 is 2.06 bits per heavy atom. The predicted molar refractivity (Wildman–Crippen MR) is 56.3 cm³/mol. The van der Waals surface area contributed by atoms with Crippen molar-refractivity contribution in [2.75, 3.05) is 7.05 Å². The van der Waals surface area contributed by atoms with E-state index in [1.54, 1.807) is 20.8 Å². The first-order chi connectivity index (χ1) is 8.05. The molecular formula is C11H17NO6-2. The van der Waals surface area contributed by atoms with Crippen LogP contribution >= 0.6 is 0 Å². The van der Waals surface area contributed by atoms with Crippen LogP contribution in [0.5, 0.6) is 0 Å². The lowest BCUT2D eigenvalue weighted by Gasteiger charge is -2.29. The lowest BCUT2D eigenvalue weighted by Crippen LogP contribution is -2.48. The van der Waals surface area contributed by atoms with Gasteiger partial charge in [-0.2, -0.15) is 0 Å². The summed E-state index contributed by atoms with van der Waals surface area (Å²) in [5.41, 5.74) is -0.793. The van der Waals surface area contributed by atoms with Gasteiger partial charge in [0.1, 0.15) is 0 Å². The molecule has 0 saturated heterocycles. The number of aliphatic carboxylic acids is 2. The molecule has 0 fully saturated rings. The number of nitrogens with zero attached hydrogens (tertiary/aromatic N) is 1. The molecule has 104 valence electrons. The summed E-state index contributed by atoms with van der Waals surface area (Å²) >= 11 is 0. The van der Waals surface area contributed by atoms with Crippen molar-refractivity contribution in [2.45, 2.75) is 39.7 Å². The van der Waals surface area contributed by atoms with Crippen LogP contribution in [0.25, 0.3) is 0 Å². The highest BCUT2D eigenvalue weighted by Gasteiger charge is 2.27. The van der Waals surface area contributed by atoms with Gasteiger partial charge >= 0.3 is 5.97 Å². The molecule has 0 heterocycles. The number of likely N-dealkylation sites (N-methyl/N-ethyl adjacent to an activating group) is 1. The number of carbonyl (C=O) groups is 3. The van der Waals surface area contributed by atoms with Gasteiger partial charge in [0.05, 0.1) is 17.4 Å². The van der Waals surface area contributed by atoms with Crippen molar-refractivity contribution in [3.05, 3.63) is 0 Å². The first kappa shape index (κ1) is 16.4. The molecule has 0 amide bonds. The van der Waals surface area contributed by atoms with Crippen LogP contribution in [-0.2, 0) is 19.2 Å². The molecule has 0 radical (unpaired) electrons. The smallest absolute Gasteiger partial charge is 0.330 e. The number of hydrogen-bond donors (Lipinski definition) is 0. The number of carboxylic acid groups (broad SMARTS) is 2. The maximum Gasteiger partial charge on any atom is 0.330 e. The Bertz CT molecular complexity index is 333. The number of carboxylic acids is 2. The number of carbonyl (C=O) groups excluding carboxylic acids is 3. The minimum atomic E-state index is -1.51. The van der Waals surface area contributed by atoms with Crippen molar-refractivity contribution >= 4 is 17.9 Å². The predicted octanol–water partition coefficient (Wildman–Crippen LogP) is -1.93. The molecule has 0 saturated carbocycles. The lowest BCUT2D eigenvalue weighted by atomic mass is 9.98. The number of rotatable bonds is 6. The van der Waals surface area contributed by atoms with Crippen molar-refractivity contribution in [1.29, 1.82) is 0 Å². The number of hydrogen-bond acceptors (Lipinski definition) is 7. The minimum Gasteiger partial charge on any atom is -0.550 e. The number of hydroxylamine groups is 2. The Hall–Kier alpha value is -1.63. The molecule has 1 atom stereocenters. The molecule has 0 N–H and O–H groups in total. The van der Waals surface area contributed by atoms with Crippen LogP contribution in [0.1, 0.15) is 33.6 Å². The average Bonchev–Trinajstić information content (AvgIpc) is 2.14. The highest BCUT2D eigenvalue weighted by Crippen LogP contribution is 2.17. The van der Waals surface area contributed by atoms with Gasteiger partial charge in [-0.3, -0.25) is 0 Å². The van der Waals surface area contributed by atoms with Gasteiger partial charge in [-0.15, -0.1) is 5.06 Å². The molecule has 0 aliphatic rings. The maximum absolute atomic E-state index is 11.5. The summed E-state index contributed by atoms with van der Waals surface area (Å²) in [6, 6.07) is -1.32. The molecule has 0 aromatic heterocycles. The molecule has 0 aromatic carbocycles. The first-order valence-electron chi connectivity index (χ1n) is 5.41. The summed E-state index contributed by atoms with van der Waals surface area (Å²) in [6.07, 6.45) is -0.728. The highest BCUT2D eigenvalue weighted by atomic mass is 16.7. The summed E-state index contributed by atoms with van der Waals surface area (Å²) in [5, 5.41) is 21.9. The Morgan fingerprint density at radius 2 is 1.72 bits per heavy atom. The summed E-state index contributed by atoms with van der Waals surface area (Å²) in [5.74, 6) is -3.51. The van der Waals surface area contributed by atoms with Gasteiger partial charge in [0.15, 0.2) is 0 Å². The Kier molecular flexibility index (Phi) is 5.77. The van der Waals surface area contributed by atoms with Gasteiger partial charge in [0, 0.05) is 13.0 Å². The van der Waals surface area contributed by atoms with E-state index in [9.17, 15) is 24.6 Å². The summed E-state index contributed by atoms with van der Waals surface area (Å²) in [6.45, 7) is 4.83. The fraction of sp³-hybridized carbons (Fsp3) is 0.727. The zero-order chi connectivity index (χ0) is 14.5. The molecule has 0 bridgehead atoms. The van der Waals surface area contributed by atoms with E-state index in [4.69, 9.17) is 4.84 Å². The summed E-state index contributed by atoms with van der Waals surface area (Å²) in [4.78, 5) is 37.5. The van der Waals surface area contributed by atoms with Crippen molar-refractivity contribution < 1.29 is 29.4 Å². The van der Waals surface area contributed by atoms with E-state index in [0.717, 1.165) is 5.06 Å². The van der Waals surface area contributed by atoms with Gasteiger partial charge in [0.2, 0.25) is 0 Å². The molecule has 7 heteroatoms. The zero-order valence-electron chi connectivity index (χ0n) is 10.9. The van der Waals surface area contributed by atoms with Gasteiger partial charge in [-0.25, -0.2) is 4.79 Å². The first-order valence-corrected chi connectivity index (χ1v) is 5.41. The monoisotopic (exact) mass is 259 g/mol. The van der Waals surface area contributed by atoms with Gasteiger partial charge < -0.3 is 24.6 Å². The second kappa shape index (κ2) is 6.34. The van der Waals surface area contributed by atoms with E-state index in [1.165, 1.54) is 7.05 Å². The van der Waals surface area contributed by atoms with Crippen LogP contribution in [0.2, 0.25) is 0 Å². The van der Waals surface area contributed by atoms with Gasteiger partial charge in [-0.05, 0) is 33.6 Å². The van der Waals surface area contributed by atoms with E-state index in [-0.39, 0.29) is 6.42 Å². The normalized spacial score (nSPS) is 13.2. The maximum atomic E-state index is 11.5. The largest absolute Gasteiger partial charge is 0.550 e. The van der Waals surface area contributed by atoms with Crippen LogP contribution in [0, 0.1) is 5.41 Å². The Balaban J connectivity index is 4.58. The lowest BCUT2D eigenvalue weighted by molar-refractivity contribution is -0.320. The average molecular weight is 259 g/mol. The van der Waals surface area contributed by atoms with E-state index < -0.39 is 35.8 Å². The zero-order valence-corrected chi connectivity index (χ0v) is 10.9. The van der Waals surface area contributed by atoms with Crippen molar-refractivity contribution in [3.63, 3.8) is 0 Å². The van der Waals surface area contributed by atoms with Gasteiger partial charge in [-0.1, -0.05) is 0 Å². The third kappa shape index (κ3) is 5.62. The summed E-state index contributed by atoms with van der Waals surface area (Å²) < 4.78 is 0. The third-order valence-electron chi connectivity index (χ3n) is 2.17. The Morgan fingerprint density at radius 1 is 1.22 bits per heavy atom. The summed E-state index contributed by atoms with van der Waals surface area (Å²) in [7, 11) is 1.24. The fourth-order valence-electron chi connectivity index (χ4n) is 1.03. The van der Waals surface area contributed by atoms with E-state index in [1.807, 2.05) is 0 Å². The van der Waals surface area contributed by atoms with E-state index in [2.05, 4.69) is 0 Å². The van der Waals surface area contributed by atoms with Crippen LogP contribution in [-0.4, -0.2) is 36.1 Å². The second-order valence-electron chi connectivity index (χ2n) is 4.92. The molecule has 0 spiro atoms. The van der Waals surface area contributed by atoms with E-state index in [0.29, 0.717) is 0 Å². The minimum absolute atomic E-state index is 0.265. The van der Waals surface area contributed by atoms with Crippen LogP contribution in [0.15, 0.2) is 0 Å². The molecule has 0 aliphatic heterocycles. The molecule has 0 aliphatic carbocycles. The van der Waals surface area contributed by atoms with Crippen LogP contribution < -0.4 is 10.2 Å². The van der Waals surface area contributed by atoms with Crippen molar-refractivity contribution in [2.24, 2.45) is 5.41 Å². The highest BCUT2D eigenvalue weighted by molar-refractivity contribution is 5.76. The van der Waals surface area contributed by atoms with Crippen LogP contribution in [0.4, 0.5) is 0 Å². The van der Waals surface area contributed by atoms with E-state index >= 15 is 0 Å². The molecule has 0 aromatic rings.